The molecule has 0 aliphatic heterocycles. The molecule has 0 aliphatic carbocycles. The summed E-state index contributed by atoms with van der Waals surface area (Å²) >= 11 is 0.411. The molecule has 0 radical (unpaired) electrons. The Hall–Kier alpha value is -1.90. The maximum atomic E-state index is 4.27. The van der Waals surface area contributed by atoms with Gasteiger partial charge in [-0.3, -0.25) is 0 Å². The molecule has 1 aromatic heterocycles. The Morgan fingerprint density at radius 1 is 1.05 bits per heavy atom. The molecule has 0 unspecified atom stereocenters. The fourth-order valence-electron chi connectivity index (χ4n) is 1.94. The summed E-state index contributed by atoms with van der Waals surface area (Å²) in [4.78, 5) is 0. The van der Waals surface area contributed by atoms with Crippen molar-refractivity contribution in [2.24, 2.45) is 0 Å². The summed E-state index contributed by atoms with van der Waals surface area (Å²) in [5.74, 6) is 0. The number of hydrogen-bond donors (Lipinski definition) is 0. The third kappa shape index (κ3) is 3.16. The van der Waals surface area contributed by atoms with Crippen LogP contribution >= 0.6 is 0 Å². The van der Waals surface area contributed by atoms with E-state index >= 15 is 0 Å². The Morgan fingerprint density at radius 2 is 1.90 bits per heavy atom. The molecule has 0 fully saturated rings. The van der Waals surface area contributed by atoms with Crippen LogP contribution in [0.3, 0.4) is 0 Å². The van der Waals surface area contributed by atoms with Crippen LogP contribution in [0.5, 0.6) is 0 Å². The van der Waals surface area contributed by atoms with Crippen LogP contribution in [0.1, 0.15) is 11.3 Å². The van der Waals surface area contributed by atoms with Crippen molar-refractivity contribution in [3.05, 3.63) is 72.1 Å². The van der Waals surface area contributed by atoms with Gasteiger partial charge in [0.1, 0.15) is 0 Å². The Balaban J connectivity index is 1.71. The minimum absolute atomic E-state index is 0.411. The first-order chi connectivity index (χ1) is 9.81. The van der Waals surface area contributed by atoms with Gasteiger partial charge in [0.25, 0.3) is 0 Å². The summed E-state index contributed by atoms with van der Waals surface area (Å²) in [6.07, 6.45) is 2.03. The fraction of sp³-hybridized carbons (Fsp3) is 0.125. The van der Waals surface area contributed by atoms with Crippen LogP contribution < -0.4 is 4.46 Å². The van der Waals surface area contributed by atoms with Crippen molar-refractivity contribution >= 4 is 19.4 Å². The van der Waals surface area contributed by atoms with Crippen LogP contribution in [-0.2, 0) is 5.32 Å². The molecule has 1 heterocycles. The molecule has 0 atom stereocenters. The molecule has 20 heavy (non-hydrogen) atoms. The van der Waals surface area contributed by atoms with Crippen molar-refractivity contribution in [3.8, 4) is 5.69 Å². The van der Waals surface area contributed by atoms with E-state index in [4.69, 9.17) is 0 Å². The first-order valence-corrected chi connectivity index (χ1v) is 8.54. The Morgan fingerprint density at radius 3 is 2.70 bits per heavy atom. The maximum absolute atomic E-state index is 4.27. The van der Waals surface area contributed by atoms with Gasteiger partial charge in [0.05, 0.1) is 0 Å². The predicted molar refractivity (Wildman–Crippen MR) is 81.6 cm³/mol. The summed E-state index contributed by atoms with van der Waals surface area (Å²) in [6, 6.07) is 18.8. The minimum atomic E-state index is 0.411. The molecule has 0 saturated heterocycles. The number of hydrogen-bond acceptors (Lipinski definition) is 2. The van der Waals surface area contributed by atoms with Gasteiger partial charge < -0.3 is 0 Å². The van der Waals surface area contributed by atoms with E-state index in [2.05, 4.69) is 53.6 Å². The molecule has 3 aromatic rings. The van der Waals surface area contributed by atoms with Crippen LogP contribution in [0.15, 0.2) is 60.8 Å². The van der Waals surface area contributed by atoms with Gasteiger partial charge in [-0.05, 0) is 0 Å². The van der Waals surface area contributed by atoms with Gasteiger partial charge in [0.15, 0.2) is 0 Å². The molecule has 0 spiro atoms. The van der Waals surface area contributed by atoms with Crippen molar-refractivity contribution in [2.45, 2.75) is 12.2 Å². The average molecular weight is 328 g/mol. The fourth-order valence-corrected chi connectivity index (χ4v) is 3.61. The van der Waals surface area contributed by atoms with Gasteiger partial charge in [-0.2, -0.15) is 0 Å². The van der Waals surface area contributed by atoms with E-state index < -0.39 is 0 Å². The van der Waals surface area contributed by atoms with E-state index in [1.54, 1.807) is 0 Å². The van der Waals surface area contributed by atoms with Crippen LogP contribution in [-0.4, -0.2) is 30.0 Å². The van der Waals surface area contributed by atoms with Crippen molar-refractivity contribution in [1.29, 1.82) is 0 Å². The van der Waals surface area contributed by atoms with E-state index in [0.717, 1.165) is 16.7 Å². The van der Waals surface area contributed by atoms with Crippen molar-refractivity contribution in [3.63, 3.8) is 0 Å². The summed E-state index contributed by atoms with van der Waals surface area (Å²) in [7, 11) is 0. The van der Waals surface area contributed by atoms with Crippen LogP contribution in [0.2, 0.25) is 0 Å². The quantitative estimate of drug-likeness (QED) is 0.687. The van der Waals surface area contributed by atoms with Crippen molar-refractivity contribution in [1.82, 2.24) is 15.0 Å². The van der Waals surface area contributed by atoms with Gasteiger partial charge in [-0.1, -0.05) is 0 Å². The molecule has 0 bridgehead atoms. The van der Waals surface area contributed by atoms with Gasteiger partial charge in [0.2, 0.25) is 0 Å². The second-order valence-corrected chi connectivity index (χ2v) is 6.80. The van der Waals surface area contributed by atoms with Crippen LogP contribution in [0, 0.1) is 6.92 Å². The van der Waals surface area contributed by atoms with E-state index in [-0.39, 0.29) is 0 Å². The molecule has 4 heteroatoms. The van der Waals surface area contributed by atoms with Gasteiger partial charge in [-0.15, -0.1) is 0 Å². The molecule has 2 aromatic carbocycles. The summed E-state index contributed by atoms with van der Waals surface area (Å²) in [6.45, 7) is 2.08. The third-order valence-electron chi connectivity index (χ3n) is 2.94. The molecule has 0 aliphatic rings. The molecular weight excluding hydrogens is 313 g/mol. The Kier molecular flexibility index (Phi) is 3.95. The number of rotatable bonds is 4. The second-order valence-electron chi connectivity index (χ2n) is 4.60. The van der Waals surface area contributed by atoms with Crippen molar-refractivity contribution < 1.29 is 0 Å². The number of benzene rings is 2. The molecule has 3 nitrogen and oxygen atoms in total. The zero-order valence-electron chi connectivity index (χ0n) is 11.2. The number of nitrogens with zero attached hydrogens (tertiary/aromatic N) is 3. The Labute approximate surface area is 124 Å². The summed E-state index contributed by atoms with van der Waals surface area (Å²) < 4.78 is 3.24. The van der Waals surface area contributed by atoms with Gasteiger partial charge in [0, 0.05) is 0 Å². The zero-order valence-corrected chi connectivity index (χ0v) is 12.9. The molecular formula is C16H15N3Se. The van der Waals surface area contributed by atoms with Gasteiger partial charge in [-0.25, -0.2) is 0 Å². The molecule has 0 N–H and O–H groups in total. The first kappa shape index (κ1) is 13.1. The predicted octanol–water partition coefficient (Wildman–Crippen LogP) is 2.11. The van der Waals surface area contributed by atoms with E-state index in [9.17, 15) is 0 Å². The second kappa shape index (κ2) is 6.04. The topological polar surface area (TPSA) is 30.7 Å². The van der Waals surface area contributed by atoms with Crippen molar-refractivity contribution in [2.75, 3.05) is 0 Å². The molecule has 0 amide bonds. The zero-order chi connectivity index (χ0) is 13.8. The number of aromatic nitrogens is 3. The summed E-state index contributed by atoms with van der Waals surface area (Å²) in [5.41, 5.74) is 3.35. The Bertz CT molecular complexity index is 692. The molecule has 3 rings (SSSR count). The normalized spacial score (nSPS) is 10.7. The standard InChI is InChI=1S/C16H15N3Se/c1-13-6-5-7-15(10-13)19-11-14(17-18-19)12-20-16-8-3-2-4-9-16/h2-11H,12H2,1H3. The van der Waals surface area contributed by atoms with Crippen LogP contribution in [0.25, 0.3) is 5.69 Å². The SMILES string of the molecule is Cc1cccc(-n2cc(C[Se]c3ccccc3)nn2)c1. The van der Waals surface area contributed by atoms with E-state index in [1.165, 1.54) is 10.0 Å². The molecule has 100 valence electrons. The van der Waals surface area contributed by atoms with E-state index in [1.807, 2.05) is 29.1 Å². The average Bonchev–Trinajstić information content (AvgIpc) is 2.95. The monoisotopic (exact) mass is 329 g/mol. The summed E-state index contributed by atoms with van der Waals surface area (Å²) in [5, 5.41) is 9.46. The van der Waals surface area contributed by atoms with Gasteiger partial charge >= 0.3 is 124 Å². The number of aryl methyl sites for hydroxylation is 1. The van der Waals surface area contributed by atoms with Crippen LogP contribution in [0.4, 0.5) is 0 Å². The molecule has 0 saturated carbocycles. The van der Waals surface area contributed by atoms with E-state index in [0.29, 0.717) is 15.0 Å². The third-order valence-corrected chi connectivity index (χ3v) is 5.13. The first-order valence-electron chi connectivity index (χ1n) is 6.47.